The van der Waals surface area contributed by atoms with E-state index in [0.29, 0.717) is 11.6 Å². The molecule has 0 aromatic heterocycles. The predicted molar refractivity (Wildman–Crippen MR) is 54.5 cm³/mol. The van der Waals surface area contributed by atoms with Crippen LogP contribution in [0.4, 0.5) is 5.69 Å². The molecule has 0 radical (unpaired) electrons. The molecular formula is C10H10BrN. The molecule has 0 saturated carbocycles. The molecule has 0 N–H and O–H groups in total. The third-order valence-corrected chi connectivity index (χ3v) is 2.39. The zero-order valence-electron chi connectivity index (χ0n) is 7.13. The Hall–Kier alpha value is -0.810. The molecule has 1 aromatic carbocycles. The van der Waals surface area contributed by atoms with Crippen molar-refractivity contribution in [3.8, 4) is 0 Å². The van der Waals surface area contributed by atoms with Gasteiger partial charge < -0.3 is 0 Å². The summed E-state index contributed by atoms with van der Waals surface area (Å²) in [5.41, 5.74) is 1.94. The molecule has 0 bridgehead atoms. The number of hydrogen-bond acceptors (Lipinski definition) is 0. The van der Waals surface area contributed by atoms with Crippen molar-refractivity contribution in [2.45, 2.75) is 19.8 Å². The Balaban J connectivity index is 3.12. The molecule has 0 heterocycles. The van der Waals surface area contributed by atoms with Crippen LogP contribution in [0.15, 0.2) is 22.7 Å². The van der Waals surface area contributed by atoms with E-state index in [0.717, 1.165) is 4.47 Å². The maximum absolute atomic E-state index is 6.86. The molecule has 0 spiro atoms. The molecule has 0 fully saturated rings. The van der Waals surface area contributed by atoms with Gasteiger partial charge in [0.2, 0.25) is 5.69 Å². The largest absolute Gasteiger partial charge is 0.237 e. The van der Waals surface area contributed by atoms with Gasteiger partial charge in [0.05, 0.1) is 6.57 Å². The van der Waals surface area contributed by atoms with Crippen LogP contribution >= 0.6 is 15.9 Å². The molecule has 0 atom stereocenters. The highest BCUT2D eigenvalue weighted by Gasteiger charge is 2.02. The first-order valence-corrected chi connectivity index (χ1v) is 4.61. The van der Waals surface area contributed by atoms with Crippen molar-refractivity contribution in [3.05, 3.63) is 39.7 Å². The quantitative estimate of drug-likeness (QED) is 0.632. The molecule has 12 heavy (non-hydrogen) atoms. The molecule has 0 saturated heterocycles. The summed E-state index contributed by atoms with van der Waals surface area (Å²) in [7, 11) is 0. The number of hydrogen-bond donors (Lipinski definition) is 0. The second kappa shape index (κ2) is 3.73. The predicted octanol–water partition coefficient (Wildman–Crippen LogP) is 4.12. The Labute approximate surface area is 81.4 Å². The number of rotatable bonds is 1. The van der Waals surface area contributed by atoms with Crippen LogP contribution in [0.25, 0.3) is 4.85 Å². The summed E-state index contributed by atoms with van der Waals surface area (Å²) in [4.78, 5) is 3.37. The van der Waals surface area contributed by atoms with Gasteiger partial charge in [-0.1, -0.05) is 48.0 Å². The third-order valence-electron chi connectivity index (χ3n) is 1.76. The molecule has 1 nitrogen and oxygen atoms in total. The second-order valence-corrected chi connectivity index (χ2v) is 3.83. The van der Waals surface area contributed by atoms with Gasteiger partial charge in [-0.25, -0.2) is 4.85 Å². The number of benzene rings is 1. The summed E-state index contributed by atoms with van der Waals surface area (Å²) in [6, 6.07) is 5.87. The van der Waals surface area contributed by atoms with Crippen molar-refractivity contribution < 1.29 is 0 Å². The molecule has 0 aliphatic carbocycles. The Bertz CT molecular complexity index is 323. The maximum Gasteiger partial charge on any atom is 0.201 e. The molecule has 0 amide bonds. The van der Waals surface area contributed by atoms with E-state index in [9.17, 15) is 0 Å². The minimum atomic E-state index is 0.515. The lowest BCUT2D eigenvalue weighted by Crippen LogP contribution is -1.85. The highest BCUT2D eigenvalue weighted by atomic mass is 79.9. The first kappa shape index (κ1) is 9.28. The van der Waals surface area contributed by atoms with Crippen molar-refractivity contribution in [3.63, 3.8) is 0 Å². The lowest BCUT2D eigenvalue weighted by atomic mass is 10.0. The summed E-state index contributed by atoms with van der Waals surface area (Å²) < 4.78 is 0.892. The van der Waals surface area contributed by atoms with Crippen LogP contribution in [-0.4, -0.2) is 0 Å². The zero-order chi connectivity index (χ0) is 9.14. The van der Waals surface area contributed by atoms with Crippen LogP contribution in [0.2, 0.25) is 0 Å². The van der Waals surface area contributed by atoms with Crippen LogP contribution in [0.5, 0.6) is 0 Å². The van der Waals surface area contributed by atoms with Crippen molar-refractivity contribution in [1.82, 2.24) is 0 Å². The van der Waals surface area contributed by atoms with Gasteiger partial charge in [-0.3, -0.25) is 0 Å². The minimum Gasteiger partial charge on any atom is -0.237 e. The van der Waals surface area contributed by atoms with Gasteiger partial charge in [-0.15, -0.1) is 0 Å². The minimum absolute atomic E-state index is 0.515. The molecule has 0 unspecified atom stereocenters. The van der Waals surface area contributed by atoms with E-state index in [2.05, 4.69) is 34.6 Å². The second-order valence-electron chi connectivity index (χ2n) is 2.98. The van der Waals surface area contributed by atoms with Crippen LogP contribution in [0.1, 0.15) is 25.3 Å². The highest BCUT2D eigenvalue weighted by Crippen LogP contribution is 2.28. The van der Waals surface area contributed by atoms with Gasteiger partial charge in [0.15, 0.2) is 0 Å². The normalized spacial score (nSPS) is 9.92. The van der Waals surface area contributed by atoms with Crippen molar-refractivity contribution in [2.24, 2.45) is 0 Å². The maximum atomic E-state index is 6.86. The lowest BCUT2D eigenvalue weighted by molar-refractivity contribution is 0.866. The van der Waals surface area contributed by atoms with E-state index in [4.69, 9.17) is 6.57 Å². The Kier molecular flexibility index (Phi) is 2.88. The Morgan fingerprint density at radius 1 is 1.42 bits per heavy atom. The first-order valence-electron chi connectivity index (χ1n) is 3.82. The van der Waals surface area contributed by atoms with E-state index >= 15 is 0 Å². The van der Waals surface area contributed by atoms with Crippen molar-refractivity contribution in [2.75, 3.05) is 0 Å². The van der Waals surface area contributed by atoms with Gasteiger partial charge >= 0.3 is 0 Å². The SMILES string of the molecule is [C-]#[N+]c1ccc(C(C)C)cc1Br. The Morgan fingerprint density at radius 2 is 2.08 bits per heavy atom. The van der Waals surface area contributed by atoms with Crippen LogP contribution in [0, 0.1) is 6.57 Å². The lowest BCUT2D eigenvalue weighted by Gasteiger charge is -2.05. The van der Waals surface area contributed by atoms with E-state index in [-0.39, 0.29) is 0 Å². The number of nitrogens with zero attached hydrogens (tertiary/aromatic N) is 1. The van der Waals surface area contributed by atoms with E-state index in [1.807, 2.05) is 18.2 Å². The van der Waals surface area contributed by atoms with E-state index in [1.54, 1.807) is 0 Å². The van der Waals surface area contributed by atoms with Gasteiger partial charge in [-0.2, -0.15) is 0 Å². The fourth-order valence-electron chi connectivity index (χ4n) is 0.973. The smallest absolute Gasteiger partial charge is 0.201 e. The van der Waals surface area contributed by atoms with Crippen LogP contribution in [0.3, 0.4) is 0 Å². The van der Waals surface area contributed by atoms with Gasteiger partial charge in [-0.05, 0) is 11.5 Å². The summed E-state index contributed by atoms with van der Waals surface area (Å²) in [5, 5.41) is 0. The van der Waals surface area contributed by atoms with Crippen LogP contribution in [-0.2, 0) is 0 Å². The van der Waals surface area contributed by atoms with E-state index < -0.39 is 0 Å². The number of halogens is 1. The summed E-state index contributed by atoms with van der Waals surface area (Å²) in [6.07, 6.45) is 0. The fourth-order valence-corrected chi connectivity index (χ4v) is 1.46. The first-order chi connectivity index (χ1) is 5.65. The summed E-state index contributed by atoms with van der Waals surface area (Å²) in [5.74, 6) is 0.515. The zero-order valence-corrected chi connectivity index (χ0v) is 8.72. The molecular weight excluding hydrogens is 214 g/mol. The standard InChI is InChI=1S/C10H10BrN/c1-7(2)8-4-5-10(12-3)9(11)6-8/h4-7H,1-2H3. The summed E-state index contributed by atoms with van der Waals surface area (Å²) >= 11 is 3.36. The highest BCUT2D eigenvalue weighted by molar-refractivity contribution is 9.10. The average molecular weight is 224 g/mol. The third kappa shape index (κ3) is 1.86. The van der Waals surface area contributed by atoms with Gasteiger partial charge in [0, 0.05) is 4.47 Å². The molecule has 1 rings (SSSR count). The monoisotopic (exact) mass is 223 g/mol. The van der Waals surface area contributed by atoms with Gasteiger partial charge in [0.1, 0.15) is 0 Å². The summed E-state index contributed by atoms with van der Waals surface area (Å²) in [6.45, 7) is 11.1. The molecule has 0 aliphatic rings. The van der Waals surface area contributed by atoms with Crippen LogP contribution < -0.4 is 0 Å². The average Bonchev–Trinajstić information content (AvgIpc) is 2.04. The van der Waals surface area contributed by atoms with Crippen molar-refractivity contribution in [1.29, 1.82) is 0 Å². The topological polar surface area (TPSA) is 4.36 Å². The van der Waals surface area contributed by atoms with E-state index in [1.165, 1.54) is 5.56 Å². The molecule has 62 valence electrons. The molecule has 1 aromatic rings. The fraction of sp³-hybridized carbons (Fsp3) is 0.300. The van der Waals surface area contributed by atoms with Crippen molar-refractivity contribution >= 4 is 21.6 Å². The molecule has 0 aliphatic heterocycles. The van der Waals surface area contributed by atoms with Gasteiger partial charge in [0.25, 0.3) is 0 Å². The molecule has 2 heteroatoms. The Morgan fingerprint density at radius 3 is 2.50 bits per heavy atom.